The normalized spacial score (nSPS) is 23.4. The van der Waals surface area contributed by atoms with Crippen molar-refractivity contribution in [3.8, 4) is 5.75 Å². The highest BCUT2D eigenvalue weighted by Crippen LogP contribution is 2.45. The lowest BCUT2D eigenvalue weighted by atomic mass is 9.86. The van der Waals surface area contributed by atoms with E-state index in [0.29, 0.717) is 36.0 Å². The zero-order valence-electron chi connectivity index (χ0n) is 22.8. The van der Waals surface area contributed by atoms with Crippen LogP contribution in [-0.2, 0) is 38.2 Å². The number of carbonyl (C=O) groups is 4. The molecular weight excluding hydrogens is 834 g/mol. The van der Waals surface area contributed by atoms with Gasteiger partial charge in [-0.1, -0.05) is 5.16 Å². The second-order valence-electron chi connectivity index (χ2n) is 9.46. The van der Waals surface area contributed by atoms with Gasteiger partial charge in [-0.2, -0.15) is 0 Å². The summed E-state index contributed by atoms with van der Waals surface area (Å²) >= 11 is 13.8. The van der Waals surface area contributed by atoms with Crippen LogP contribution in [0.5, 0.6) is 5.75 Å². The smallest absolute Gasteiger partial charge is 0.407 e. The molecule has 0 bridgehead atoms. The predicted molar refractivity (Wildman–Crippen MR) is 165 cm³/mol. The number of esters is 2. The molecule has 3 aliphatic rings. The number of allylic oxidation sites excluding steroid dienone is 1. The molecule has 1 aliphatic carbocycles. The Balaban J connectivity index is 1.40. The summed E-state index contributed by atoms with van der Waals surface area (Å²) in [6.07, 6.45) is -1.20. The number of carbonyl (C=O) groups excluding carboxylic acids is 4. The zero-order chi connectivity index (χ0) is 31.5. The van der Waals surface area contributed by atoms with Gasteiger partial charge in [-0.05, 0) is 87.5 Å². The molecular formula is C26H25Br4N3O10. The third-order valence-electron chi connectivity index (χ3n) is 6.31. The Morgan fingerprint density at radius 1 is 1.16 bits per heavy atom. The number of nitrogens with zero attached hydrogens (tertiary/aromatic N) is 1. The van der Waals surface area contributed by atoms with E-state index >= 15 is 0 Å². The molecule has 0 aromatic heterocycles. The number of benzene rings is 1. The summed E-state index contributed by atoms with van der Waals surface area (Å²) in [7, 11) is 1.46. The van der Waals surface area contributed by atoms with Gasteiger partial charge >= 0.3 is 18.0 Å². The molecule has 2 aliphatic heterocycles. The van der Waals surface area contributed by atoms with Crippen molar-refractivity contribution in [2.75, 3.05) is 26.8 Å². The van der Waals surface area contributed by atoms with Crippen LogP contribution in [-0.4, -0.2) is 74.3 Å². The summed E-state index contributed by atoms with van der Waals surface area (Å²) in [6, 6.07) is 3.51. The van der Waals surface area contributed by atoms with Crippen molar-refractivity contribution in [3.63, 3.8) is 0 Å². The summed E-state index contributed by atoms with van der Waals surface area (Å²) < 4.78 is 29.4. The van der Waals surface area contributed by atoms with Crippen molar-refractivity contribution >= 4 is 93.4 Å². The molecule has 1 saturated heterocycles. The van der Waals surface area contributed by atoms with Crippen LogP contribution in [0.2, 0.25) is 0 Å². The predicted octanol–water partition coefficient (Wildman–Crippen LogP) is 4.41. The first-order chi connectivity index (χ1) is 20.3. The minimum atomic E-state index is -1.31. The fraction of sp³-hybridized carbons (Fsp3) is 0.423. The van der Waals surface area contributed by atoms with Crippen LogP contribution in [0.25, 0.3) is 0 Å². The van der Waals surface area contributed by atoms with E-state index in [1.165, 1.54) is 21.0 Å². The van der Waals surface area contributed by atoms with E-state index in [1.807, 2.05) is 0 Å². The van der Waals surface area contributed by atoms with Crippen molar-refractivity contribution in [2.45, 2.75) is 44.2 Å². The Morgan fingerprint density at radius 3 is 2.44 bits per heavy atom. The molecule has 13 nitrogen and oxygen atoms in total. The number of alkyl carbamates (subject to hydrolysis) is 1. The van der Waals surface area contributed by atoms with E-state index in [0.717, 1.165) is 5.56 Å². The maximum atomic E-state index is 13.1. The summed E-state index contributed by atoms with van der Waals surface area (Å²) in [5, 5.41) is 9.26. The SMILES string of the molecule is COC1=C(Br)C(OC(C)=O)C2(C=C1Br)CC(C(=O)NCC(COc1c(Br)cc(C3CNC(=O)O3)cc1Br)OC(C)=O)=NO2. The van der Waals surface area contributed by atoms with Crippen LogP contribution in [0.1, 0.15) is 31.9 Å². The number of ether oxygens (including phenoxy) is 5. The van der Waals surface area contributed by atoms with Crippen molar-refractivity contribution in [1.29, 1.82) is 0 Å². The topological polar surface area (TPSA) is 160 Å². The fourth-order valence-corrected chi connectivity index (χ4v) is 7.79. The fourth-order valence-electron chi connectivity index (χ4n) is 4.45. The van der Waals surface area contributed by atoms with Gasteiger partial charge in [0.1, 0.15) is 29.9 Å². The molecule has 1 aromatic rings. The number of rotatable bonds is 10. The third kappa shape index (κ3) is 7.72. The van der Waals surface area contributed by atoms with Crippen LogP contribution < -0.4 is 15.4 Å². The molecule has 4 atom stereocenters. The number of methoxy groups -OCH3 is 1. The van der Waals surface area contributed by atoms with Crippen molar-refractivity contribution in [1.82, 2.24) is 10.6 Å². The number of oxime groups is 1. The van der Waals surface area contributed by atoms with Gasteiger partial charge in [0, 0.05) is 20.3 Å². The monoisotopic (exact) mass is 855 g/mol. The lowest BCUT2D eigenvalue weighted by Crippen LogP contribution is -2.47. The van der Waals surface area contributed by atoms with Crippen LogP contribution >= 0.6 is 63.7 Å². The van der Waals surface area contributed by atoms with Crippen LogP contribution in [0.15, 0.2) is 47.0 Å². The molecule has 4 rings (SSSR count). The minimum absolute atomic E-state index is 0.0283. The molecule has 2 amide bonds. The Labute approximate surface area is 279 Å². The maximum Gasteiger partial charge on any atom is 0.407 e. The Bertz CT molecular complexity index is 1410. The Hall–Kier alpha value is -2.63. The molecule has 2 N–H and O–H groups in total. The average molecular weight is 859 g/mol. The van der Waals surface area contributed by atoms with Crippen LogP contribution in [0.3, 0.4) is 0 Å². The standard InChI is InChI=1S/C26H25Br4N3O10/c1-11(34)40-14(10-39-21-15(27)4-13(5-16(21)28)19-9-32-25(37)42-19)8-31-24(36)18-7-26(43-33-18)6-17(29)22(38-3)20(30)23(26)41-12(2)35/h4-6,14,19,23H,7-10H2,1-3H3,(H,31,36)(H,32,37). The Kier molecular flexibility index (Phi) is 10.8. The molecule has 2 heterocycles. The van der Waals surface area contributed by atoms with E-state index in [9.17, 15) is 19.2 Å². The Morgan fingerprint density at radius 2 is 1.86 bits per heavy atom. The number of nitrogens with one attached hydrogen (secondary N) is 2. The first-order valence-corrected chi connectivity index (χ1v) is 15.8. The van der Waals surface area contributed by atoms with Crippen molar-refractivity contribution in [3.05, 3.63) is 47.4 Å². The third-order valence-corrected chi connectivity index (χ3v) is 8.85. The summed E-state index contributed by atoms with van der Waals surface area (Å²) in [6.45, 7) is 2.62. The number of halogens is 4. The molecule has 1 fully saturated rings. The molecule has 4 unspecified atom stereocenters. The summed E-state index contributed by atoms with van der Waals surface area (Å²) in [5.74, 6) is -0.904. The largest absolute Gasteiger partial charge is 0.495 e. The second-order valence-corrected chi connectivity index (χ2v) is 12.9. The molecule has 0 saturated carbocycles. The van der Waals surface area contributed by atoms with E-state index in [-0.39, 0.29) is 25.3 Å². The molecule has 17 heteroatoms. The van der Waals surface area contributed by atoms with Gasteiger partial charge in [-0.25, -0.2) is 4.79 Å². The minimum Gasteiger partial charge on any atom is -0.495 e. The number of cyclic esters (lactones) is 1. The highest BCUT2D eigenvalue weighted by Gasteiger charge is 2.53. The maximum absolute atomic E-state index is 13.1. The quantitative estimate of drug-likeness (QED) is 0.255. The molecule has 1 spiro atoms. The number of hydrogen-bond donors (Lipinski definition) is 2. The lowest BCUT2D eigenvalue weighted by Gasteiger charge is -2.35. The van der Waals surface area contributed by atoms with Gasteiger partial charge in [-0.3, -0.25) is 14.4 Å². The van der Waals surface area contributed by atoms with Gasteiger partial charge < -0.3 is 39.2 Å². The molecule has 43 heavy (non-hydrogen) atoms. The van der Waals surface area contributed by atoms with Gasteiger partial charge in [0.25, 0.3) is 5.91 Å². The number of hydrogen-bond acceptors (Lipinski definition) is 11. The second kappa shape index (κ2) is 14.0. The first-order valence-electron chi connectivity index (χ1n) is 12.6. The number of amides is 2. The summed E-state index contributed by atoms with van der Waals surface area (Å²) in [5.41, 5.74) is -0.545. The zero-order valence-corrected chi connectivity index (χ0v) is 29.2. The van der Waals surface area contributed by atoms with Crippen LogP contribution in [0.4, 0.5) is 4.79 Å². The molecule has 0 radical (unpaired) electrons. The lowest BCUT2D eigenvalue weighted by molar-refractivity contribution is -0.156. The molecule has 232 valence electrons. The van der Waals surface area contributed by atoms with Gasteiger partial charge in [-0.15, -0.1) is 0 Å². The first kappa shape index (κ1) is 33.3. The van der Waals surface area contributed by atoms with Crippen molar-refractivity contribution in [2.24, 2.45) is 5.16 Å². The van der Waals surface area contributed by atoms with Crippen molar-refractivity contribution < 1.29 is 47.7 Å². The van der Waals surface area contributed by atoms with Gasteiger partial charge in [0.15, 0.2) is 12.2 Å². The van der Waals surface area contributed by atoms with Gasteiger partial charge in [0.2, 0.25) is 5.60 Å². The average Bonchev–Trinajstić information content (AvgIpc) is 3.55. The van der Waals surface area contributed by atoms with E-state index < -0.39 is 47.9 Å². The van der Waals surface area contributed by atoms with Gasteiger partial charge in [0.05, 0.1) is 38.1 Å². The highest BCUT2D eigenvalue weighted by molar-refractivity contribution is 9.12. The van der Waals surface area contributed by atoms with E-state index in [4.69, 9.17) is 28.5 Å². The van der Waals surface area contributed by atoms with E-state index in [2.05, 4.69) is 79.5 Å². The summed E-state index contributed by atoms with van der Waals surface area (Å²) in [4.78, 5) is 53.8. The highest BCUT2D eigenvalue weighted by atomic mass is 79.9. The van der Waals surface area contributed by atoms with Crippen LogP contribution in [0, 0.1) is 0 Å². The van der Waals surface area contributed by atoms with E-state index in [1.54, 1.807) is 18.2 Å². The molecule has 1 aromatic carbocycles.